The van der Waals surface area contributed by atoms with E-state index in [1.54, 1.807) is 0 Å². The van der Waals surface area contributed by atoms with Crippen molar-refractivity contribution in [2.24, 2.45) is 0 Å². The van der Waals surface area contributed by atoms with Crippen LogP contribution >= 0.6 is 0 Å². The van der Waals surface area contributed by atoms with Crippen molar-refractivity contribution in [3.63, 3.8) is 0 Å². The predicted molar refractivity (Wildman–Crippen MR) is 270 cm³/mol. The highest BCUT2D eigenvalue weighted by molar-refractivity contribution is 5.90. The third kappa shape index (κ3) is 9.60. The van der Waals surface area contributed by atoms with Crippen LogP contribution in [0.15, 0.2) is 235 Å². The lowest BCUT2D eigenvalue weighted by Gasteiger charge is -2.26. The van der Waals surface area contributed by atoms with Gasteiger partial charge in [-0.15, -0.1) is 0 Å². The molecular formula is C60H48N2O. The van der Waals surface area contributed by atoms with Gasteiger partial charge in [0.2, 0.25) is 0 Å². The van der Waals surface area contributed by atoms with Gasteiger partial charge in [-0.2, -0.15) is 0 Å². The molecule has 63 heavy (non-hydrogen) atoms. The summed E-state index contributed by atoms with van der Waals surface area (Å²) in [6.07, 6.45) is 17.0. The van der Waals surface area contributed by atoms with Crippen LogP contribution in [0.25, 0.3) is 46.6 Å². The molecule has 0 N–H and O–H groups in total. The molecule has 0 spiro atoms. The molecule has 0 aliphatic carbocycles. The van der Waals surface area contributed by atoms with E-state index in [1.807, 2.05) is 12.1 Å². The lowest BCUT2D eigenvalue weighted by molar-refractivity contribution is 0.631. The number of furan rings is 1. The van der Waals surface area contributed by atoms with Gasteiger partial charge in [0.15, 0.2) is 0 Å². The Morgan fingerprint density at radius 3 is 1.24 bits per heavy atom. The van der Waals surface area contributed by atoms with E-state index in [1.165, 1.54) is 33.4 Å². The molecule has 9 aromatic rings. The molecule has 0 aliphatic heterocycles. The van der Waals surface area contributed by atoms with Crippen molar-refractivity contribution >= 4 is 69.4 Å². The summed E-state index contributed by atoms with van der Waals surface area (Å²) in [6.45, 7) is 4.34. The highest BCUT2D eigenvalue weighted by atomic mass is 16.3. The molecule has 0 radical (unpaired) electrons. The summed E-state index contributed by atoms with van der Waals surface area (Å²) < 4.78 is 6.52. The second kappa shape index (κ2) is 19.1. The fourth-order valence-corrected chi connectivity index (χ4v) is 7.89. The maximum absolute atomic E-state index is 6.52. The van der Waals surface area contributed by atoms with Crippen molar-refractivity contribution in [1.82, 2.24) is 0 Å². The monoisotopic (exact) mass is 812 g/mol. The number of para-hydroxylation sites is 2. The van der Waals surface area contributed by atoms with Crippen molar-refractivity contribution in [1.29, 1.82) is 0 Å². The summed E-state index contributed by atoms with van der Waals surface area (Å²) in [4.78, 5) is 4.61. The van der Waals surface area contributed by atoms with E-state index >= 15 is 0 Å². The van der Waals surface area contributed by atoms with Crippen LogP contribution in [0.1, 0.15) is 33.4 Å². The molecule has 1 heterocycles. The Labute approximate surface area is 371 Å². The third-order valence-electron chi connectivity index (χ3n) is 11.2. The van der Waals surface area contributed by atoms with Gasteiger partial charge in [-0.3, -0.25) is 0 Å². The summed E-state index contributed by atoms with van der Waals surface area (Å²) in [7, 11) is 0. The van der Waals surface area contributed by atoms with Crippen LogP contribution in [0.5, 0.6) is 0 Å². The van der Waals surface area contributed by atoms with Crippen molar-refractivity contribution in [3.8, 4) is 11.3 Å². The minimum Gasteiger partial charge on any atom is -0.456 e. The average molecular weight is 813 g/mol. The van der Waals surface area contributed by atoms with Gasteiger partial charge < -0.3 is 14.2 Å². The molecule has 0 saturated carbocycles. The van der Waals surface area contributed by atoms with Gasteiger partial charge in [0.1, 0.15) is 11.3 Å². The van der Waals surface area contributed by atoms with Crippen molar-refractivity contribution in [2.75, 3.05) is 9.80 Å². The first-order valence-electron chi connectivity index (χ1n) is 21.4. The second-order valence-electron chi connectivity index (χ2n) is 15.6. The molecule has 0 bridgehead atoms. The zero-order chi connectivity index (χ0) is 42.8. The van der Waals surface area contributed by atoms with Crippen LogP contribution in [0.3, 0.4) is 0 Å². The number of aryl methyl sites for hydroxylation is 2. The molecule has 8 aromatic carbocycles. The lowest BCUT2D eigenvalue weighted by atomic mass is 10.0. The van der Waals surface area contributed by atoms with Crippen LogP contribution in [0.4, 0.5) is 34.1 Å². The SMILES string of the molecule is Cc1cc(N(c2ccccc2)c2ccc(-c3cc4cc(N(c5ccccc5)c5ccc(C=CC=Cc6ccccc6)c(C)c5)ccc4o3)cc2)ccc1C=CC=Cc1ccccc1. The fourth-order valence-electron chi connectivity index (χ4n) is 7.89. The highest BCUT2D eigenvalue weighted by Gasteiger charge is 2.17. The summed E-state index contributed by atoms with van der Waals surface area (Å²) in [5, 5.41) is 1.04. The summed E-state index contributed by atoms with van der Waals surface area (Å²) >= 11 is 0. The molecule has 1 aromatic heterocycles. The number of hydrogen-bond acceptors (Lipinski definition) is 3. The lowest BCUT2D eigenvalue weighted by Crippen LogP contribution is -2.10. The van der Waals surface area contributed by atoms with Crippen LogP contribution < -0.4 is 9.80 Å². The molecule has 3 heteroatoms. The van der Waals surface area contributed by atoms with E-state index < -0.39 is 0 Å². The Bertz CT molecular complexity index is 3050. The Kier molecular flexibility index (Phi) is 12.2. The highest BCUT2D eigenvalue weighted by Crippen LogP contribution is 2.40. The number of allylic oxidation sites excluding steroid dienone is 4. The molecule has 0 aliphatic rings. The number of hydrogen-bond donors (Lipinski definition) is 0. The van der Waals surface area contributed by atoms with Gasteiger partial charge >= 0.3 is 0 Å². The van der Waals surface area contributed by atoms with E-state index in [0.717, 1.165) is 56.4 Å². The minimum atomic E-state index is 0.827. The zero-order valence-electron chi connectivity index (χ0n) is 35.6. The van der Waals surface area contributed by atoms with Crippen molar-refractivity contribution < 1.29 is 4.42 Å². The topological polar surface area (TPSA) is 19.6 Å². The minimum absolute atomic E-state index is 0.827. The first-order chi connectivity index (χ1) is 31.1. The van der Waals surface area contributed by atoms with Gasteiger partial charge in [-0.1, -0.05) is 158 Å². The van der Waals surface area contributed by atoms with Crippen LogP contribution in [-0.4, -0.2) is 0 Å². The number of anilines is 6. The first kappa shape index (κ1) is 40.3. The zero-order valence-corrected chi connectivity index (χ0v) is 35.6. The molecule has 304 valence electrons. The van der Waals surface area contributed by atoms with E-state index in [0.29, 0.717) is 0 Å². The Morgan fingerprint density at radius 2 is 0.746 bits per heavy atom. The van der Waals surface area contributed by atoms with Gasteiger partial charge in [0, 0.05) is 45.1 Å². The van der Waals surface area contributed by atoms with E-state index in [-0.39, 0.29) is 0 Å². The van der Waals surface area contributed by atoms with Crippen LogP contribution in [0, 0.1) is 13.8 Å². The Morgan fingerprint density at radius 1 is 0.349 bits per heavy atom. The van der Waals surface area contributed by atoms with Crippen LogP contribution in [0.2, 0.25) is 0 Å². The van der Waals surface area contributed by atoms with Gasteiger partial charge in [0.25, 0.3) is 0 Å². The maximum atomic E-state index is 6.52. The summed E-state index contributed by atoms with van der Waals surface area (Å²) in [6, 6.07) is 72.4. The normalized spacial score (nSPS) is 11.7. The van der Waals surface area contributed by atoms with Crippen molar-refractivity contribution in [3.05, 3.63) is 264 Å². The van der Waals surface area contributed by atoms with Gasteiger partial charge in [-0.05, 0) is 144 Å². The molecule has 9 rings (SSSR count). The number of fused-ring (bicyclic) bond motifs is 1. The third-order valence-corrected chi connectivity index (χ3v) is 11.2. The fraction of sp³-hybridized carbons (Fsp3) is 0.0333. The number of nitrogens with zero attached hydrogens (tertiary/aromatic N) is 2. The summed E-state index contributed by atoms with van der Waals surface area (Å²) in [5.41, 5.74) is 15.5. The molecule has 0 atom stereocenters. The number of benzene rings is 8. The van der Waals surface area contributed by atoms with E-state index in [2.05, 4.69) is 266 Å². The Hall–Kier alpha value is -8.14. The van der Waals surface area contributed by atoms with Gasteiger partial charge in [0.05, 0.1) is 0 Å². The Balaban J connectivity index is 0.968. The predicted octanol–water partition coefficient (Wildman–Crippen LogP) is 17.1. The maximum Gasteiger partial charge on any atom is 0.135 e. The number of rotatable bonds is 13. The van der Waals surface area contributed by atoms with Gasteiger partial charge in [-0.25, -0.2) is 0 Å². The smallest absolute Gasteiger partial charge is 0.135 e. The van der Waals surface area contributed by atoms with Crippen molar-refractivity contribution in [2.45, 2.75) is 13.8 Å². The van der Waals surface area contributed by atoms with E-state index in [4.69, 9.17) is 4.42 Å². The van der Waals surface area contributed by atoms with Crippen LogP contribution in [-0.2, 0) is 0 Å². The van der Waals surface area contributed by atoms with E-state index in [9.17, 15) is 0 Å². The molecule has 3 nitrogen and oxygen atoms in total. The largest absolute Gasteiger partial charge is 0.456 e. The molecule has 0 saturated heterocycles. The first-order valence-corrected chi connectivity index (χ1v) is 21.4. The molecular weight excluding hydrogens is 765 g/mol. The average Bonchev–Trinajstić information content (AvgIpc) is 3.76. The quantitative estimate of drug-likeness (QED) is 0.108. The standard InChI is InChI=1S/C60H48N2O/c1-45-41-56(37-31-49(45)25-17-15-23-47-19-7-3-8-20-47)61(53-27-11-5-12-28-53)55-35-33-51(34-36-55)60-44-52-43-58(39-40-59(52)63-60)62(54-29-13-6-14-30-54)57-38-32-50(46(2)42-57)26-18-16-24-48-21-9-4-10-22-48/h3-44H,1-2H3. The molecule has 0 unspecified atom stereocenters. The summed E-state index contributed by atoms with van der Waals surface area (Å²) in [5.74, 6) is 0.827. The molecule has 0 amide bonds. The molecule has 0 fully saturated rings. The second-order valence-corrected chi connectivity index (χ2v) is 15.6.